The number of hydrogen-bond acceptors (Lipinski definition) is 8. The summed E-state index contributed by atoms with van der Waals surface area (Å²) in [6.45, 7) is -0.220. The van der Waals surface area contributed by atoms with Gasteiger partial charge in [-0.05, 0) is 18.9 Å². The molecular weight excluding hydrogens is 422 g/mol. The van der Waals surface area contributed by atoms with Crippen LogP contribution in [0.25, 0.3) is 0 Å². The molecule has 2 aliphatic heterocycles. The quantitative estimate of drug-likeness (QED) is 0.187. The highest BCUT2D eigenvalue weighted by Crippen LogP contribution is 2.26. The van der Waals surface area contributed by atoms with Gasteiger partial charge in [0.1, 0.15) is 24.9 Å². The summed E-state index contributed by atoms with van der Waals surface area (Å²) in [5.74, 6) is -1.16. The number of aliphatic carboxylic acids is 1. The van der Waals surface area contributed by atoms with Crippen LogP contribution in [0.4, 0.5) is 4.79 Å². The lowest BCUT2D eigenvalue weighted by Gasteiger charge is -2.31. The Bertz CT molecular complexity index is 659. The van der Waals surface area contributed by atoms with Gasteiger partial charge in [0.15, 0.2) is 6.23 Å². The summed E-state index contributed by atoms with van der Waals surface area (Å²) in [5, 5.41) is 31.4. The molecular formula is C21H35N3O8. The molecule has 32 heavy (non-hydrogen) atoms. The van der Waals surface area contributed by atoms with E-state index in [9.17, 15) is 24.6 Å². The van der Waals surface area contributed by atoms with Crippen molar-refractivity contribution in [2.24, 2.45) is 5.73 Å². The molecule has 5 atom stereocenters. The van der Waals surface area contributed by atoms with Crippen molar-refractivity contribution < 1.29 is 39.2 Å². The molecule has 0 radical (unpaired) electrons. The molecule has 0 aromatic rings. The zero-order chi connectivity index (χ0) is 23.5. The molecule has 1 fully saturated rings. The smallest absolute Gasteiger partial charge is 0.325 e. The van der Waals surface area contributed by atoms with Gasteiger partial charge in [0.05, 0.1) is 6.17 Å². The zero-order valence-corrected chi connectivity index (χ0v) is 18.2. The largest absolute Gasteiger partial charge is 0.481 e. The lowest BCUT2D eigenvalue weighted by atomic mass is 10.1. The first kappa shape index (κ1) is 26.0. The topological polar surface area (TPSA) is 172 Å². The number of amides is 2. The van der Waals surface area contributed by atoms with E-state index in [0.29, 0.717) is 12.8 Å². The van der Waals surface area contributed by atoms with Gasteiger partial charge >= 0.3 is 18.0 Å². The molecule has 2 rings (SSSR count). The van der Waals surface area contributed by atoms with Gasteiger partial charge in [0.25, 0.3) is 0 Å². The van der Waals surface area contributed by atoms with E-state index in [4.69, 9.17) is 20.3 Å². The first-order chi connectivity index (χ1) is 15.3. The third-order valence-corrected chi connectivity index (χ3v) is 5.52. The molecule has 182 valence electrons. The van der Waals surface area contributed by atoms with Gasteiger partial charge in [-0.25, -0.2) is 4.79 Å². The summed E-state index contributed by atoms with van der Waals surface area (Å²) >= 11 is 0. The number of nitrogens with one attached hydrogen (secondary N) is 1. The Morgan fingerprint density at radius 2 is 1.62 bits per heavy atom. The molecule has 0 aromatic heterocycles. The van der Waals surface area contributed by atoms with E-state index in [0.717, 1.165) is 43.4 Å². The van der Waals surface area contributed by atoms with Gasteiger partial charge in [-0.2, -0.15) is 0 Å². The predicted molar refractivity (Wildman–Crippen MR) is 113 cm³/mol. The second-order valence-electron chi connectivity index (χ2n) is 8.18. The third kappa shape index (κ3) is 8.38. The Kier molecular flexibility index (Phi) is 10.9. The lowest BCUT2D eigenvalue weighted by molar-refractivity contribution is -0.150. The van der Waals surface area contributed by atoms with Gasteiger partial charge in [0.2, 0.25) is 0 Å². The van der Waals surface area contributed by atoms with Crippen LogP contribution >= 0.6 is 0 Å². The SMILES string of the molecule is NC1C=CN(C2OC(COC(=O)CCCCCCCCCCC(=O)O)C(O)C2O)C(=O)N1. The van der Waals surface area contributed by atoms with Crippen LogP contribution in [-0.4, -0.2) is 75.5 Å². The fraction of sp³-hybridized carbons (Fsp3) is 0.762. The van der Waals surface area contributed by atoms with Crippen LogP contribution < -0.4 is 11.1 Å². The number of nitrogens with two attached hydrogens (primary N) is 1. The predicted octanol–water partition coefficient (Wildman–Crippen LogP) is 0.786. The molecule has 11 nitrogen and oxygen atoms in total. The fourth-order valence-electron chi connectivity index (χ4n) is 3.67. The molecule has 2 aliphatic rings. The minimum absolute atomic E-state index is 0.220. The van der Waals surface area contributed by atoms with Crippen LogP contribution in [0.2, 0.25) is 0 Å². The average molecular weight is 458 g/mol. The maximum absolute atomic E-state index is 12.0. The van der Waals surface area contributed by atoms with E-state index in [1.807, 2.05) is 0 Å². The number of carbonyl (C=O) groups excluding carboxylic acids is 2. The van der Waals surface area contributed by atoms with Gasteiger partial charge < -0.3 is 35.8 Å². The van der Waals surface area contributed by atoms with Crippen LogP contribution in [-0.2, 0) is 19.1 Å². The Labute approximate surface area is 187 Å². The van der Waals surface area contributed by atoms with Crippen molar-refractivity contribution in [2.75, 3.05) is 6.61 Å². The molecule has 0 bridgehead atoms. The second kappa shape index (κ2) is 13.4. The van der Waals surface area contributed by atoms with Gasteiger partial charge in [0, 0.05) is 19.0 Å². The number of urea groups is 1. The standard InChI is InChI=1S/C21H35N3O8/c22-15-11-12-24(21(30)23-15)20-19(29)18(28)14(32-20)13-31-17(27)10-8-6-4-2-1-3-5-7-9-16(25)26/h11-12,14-15,18-20,28-29H,1-10,13,22H2,(H,23,30)(H,25,26). The summed E-state index contributed by atoms with van der Waals surface area (Å²) in [6.07, 6.45) is 5.37. The average Bonchev–Trinajstić information content (AvgIpc) is 3.01. The third-order valence-electron chi connectivity index (χ3n) is 5.52. The number of hydrogen-bond donors (Lipinski definition) is 5. The van der Waals surface area contributed by atoms with E-state index >= 15 is 0 Å². The Morgan fingerprint density at radius 3 is 2.22 bits per heavy atom. The Hall–Kier alpha value is -2.21. The van der Waals surface area contributed by atoms with Crippen LogP contribution in [0.1, 0.15) is 64.2 Å². The first-order valence-corrected chi connectivity index (χ1v) is 11.2. The molecule has 5 unspecified atom stereocenters. The Balaban J connectivity index is 1.56. The monoisotopic (exact) mass is 457 g/mol. The second-order valence-corrected chi connectivity index (χ2v) is 8.18. The van der Waals surface area contributed by atoms with Crippen molar-refractivity contribution in [3.63, 3.8) is 0 Å². The van der Waals surface area contributed by atoms with E-state index in [-0.39, 0.29) is 19.4 Å². The molecule has 6 N–H and O–H groups in total. The van der Waals surface area contributed by atoms with Crippen molar-refractivity contribution in [2.45, 2.75) is 94.9 Å². The Morgan fingerprint density at radius 1 is 1.03 bits per heavy atom. The summed E-state index contributed by atoms with van der Waals surface area (Å²) in [4.78, 5) is 35.5. The molecule has 0 saturated carbocycles. The maximum atomic E-state index is 12.0. The van der Waals surface area contributed by atoms with E-state index < -0.39 is 48.7 Å². The van der Waals surface area contributed by atoms with E-state index in [1.54, 1.807) is 0 Å². The lowest BCUT2D eigenvalue weighted by Crippen LogP contribution is -2.55. The number of carboxylic acids is 1. The number of unbranched alkanes of at least 4 members (excludes halogenated alkanes) is 7. The van der Waals surface area contributed by atoms with Gasteiger partial charge in [-0.1, -0.05) is 38.5 Å². The van der Waals surface area contributed by atoms with E-state index in [1.165, 1.54) is 12.3 Å². The van der Waals surface area contributed by atoms with Crippen molar-refractivity contribution in [1.29, 1.82) is 0 Å². The normalized spacial score (nSPS) is 27.4. The number of aliphatic hydroxyl groups is 2. The first-order valence-electron chi connectivity index (χ1n) is 11.2. The minimum atomic E-state index is -1.35. The van der Waals surface area contributed by atoms with E-state index in [2.05, 4.69) is 5.32 Å². The number of ether oxygens (including phenoxy) is 2. The van der Waals surface area contributed by atoms with Crippen LogP contribution in [0.5, 0.6) is 0 Å². The van der Waals surface area contributed by atoms with Crippen molar-refractivity contribution >= 4 is 18.0 Å². The van der Waals surface area contributed by atoms with Crippen molar-refractivity contribution in [1.82, 2.24) is 10.2 Å². The van der Waals surface area contributed by atoms with Gasteiger partial charge in [-0.15, -0.1) is 0 Å². The molecule has 2 amide bonds. The molecule has 0 aromatic carbocycles. The van der Waals surface area contributed by atoms with Crippen LogP contribution in [0, 0.1) is 0 Å². The molecule has 2 heterocycles. The maximum Gasteiger partial charge on any atom is 0.325 e. The molecule has 11 heteroatoms. The van der Waals surface area contributed by atoms with Crippen LogP contribution in [0.3, 0.4) is 0 Å². The summed E-state index contributed by atoms with van der Waals surface area (Å²) < 4.78 is 10.7. The summed E-state index contributed by atoms with van der Waals surface area (Å²) in [7, 11) is 0. The van der Waals surface area contributed by atoms with Crippen molar-refractivity contribution in [3.8, 4) is 0 Å². The van der Waals surface area contributed by atoms with Gasteiger partial charge in [-0.3, -0.25) is 14.5 Å². The molecule has 1 saturated heterocycles. The highest BCUT2D eigenvalue weighted by atomic mass is 16.6. The number of rotatable bonds is 14. The highest BCUT2D eigenvalue weighted by molar-refractivity contribution is 5.77. The summed E-state index contributed by atoms with van der Waals surface area (Å²) in [6, 6.07) is -0.561. The number of esters is 1. The van der Waals surface area contributed by atoms with Crippen LogP contribution in [0.15, 0.2) is 12.3 Å². The zero-order valence-electron chi connectivity index (χ0n) is 18.2. The number of nitrogens with zero attached hydrogens (tertiary/aromatic N) is 1. The molecule has 0 aliphatic carbocycles. The highest BCUT2D eigenvalue weighted by Gasteiger charge is 2.47. The summed E-state index contributed by atoms with van der Waals surface area (Å²) in [5.41, 5.74) is 5.58. The molecule has 0 spiro atoms. The number of carboxylic acid groups (broad SMARTS) is 1. The number of carbonyl (C=O) groups is 3. The minimum Gasteiger partial charge on any atom is -0.481 e. The number of aliphatic hydroxyl groups excluding tert-OH is 2. The fourth-order valence-corrected chi connectivity index (χ4v) is 3.67. The van der Waals surface area contributed by atoms with Crippen molar-refractivity contribution in [3.05, 3.63) is 12.3 Å².